The van der Waals surface area contributed by atoms with Crippen LogP contribution in [0.3, 0.4) is 0 Å². The highest BCUT2D eigenvalue weighted by atomic mass is 16.6. The summed E-state index contributed by atoms with van der Waals surface area (Å²) in [5.74, 6) is 0.944. The number of H-pyrrole nitrogens is 1. The molecule has 10 heteroatoms. The van der Waals surface area contributed by atoms with Crippen LogP contribution in [0.1, 0.15) is 44.7 Å². The Labute approximate surface area is 166 Å². The standard InChI is InChI=1S/C19H24N6O4/c1-10(2)20-18(26)28-12-5-4-11(8-12)13-9-16(24-23-13)21-15-7-6-14-17(22-15)29-19(27)25(14)3/h6-7,9-12H,4-5,8H2,1-3H3,(H,20,26)(H2,21,22,23,24)/t11-,12+/m0/s1. The number of aryl methyl sites for hydroxylation is 1. The zero-order valence-electron chi connectivity index (χ0n) is 16.6. The number of hydrogen-bond donors (Lipinski definition) is 3. The molecule has 1 aliphatic rings. The molecule has 4 rings (SSSR count). The highest BCUT2D eigenvalue weighted by Gasteiger charge is 2.30. The molecule has 1 amide bonds. The Morgan fingerprint density at radius 3 is 2.97 bits per heavy atom. The molecule has 154 valence electrons. The maximum Gasteiger partial charge on any atom is 0.421 e. The first kappa shape index (κ1) is 19.0. The fourth-order valence-corrected chi connectivity index (χ4v) is 3.57. The summed E-state index contributed by atoms with van der Waals surface area (Å²) in [5.41, 5.74) is 1.88. The fraction of sp³-hybridized carbons (Fsp3) is 0.474. The lowest BCUT2D eigenvalue weighted by atomic mass is 10.0. The third kappa shape index (κ3) is 4.10. The number of pyridine rings is 1. The number of oxazole rings is 1. The van der Waals surface area contributed by atoms with Crippen LogP contribution in [0.15, 0.2) is 27.4 Å². The van der Waals surface area contributed by atoms with E-state index in [0.29, 0.717) is 17.2 Å². The number of alkyl carbamates (subject to hydrolysis) is 1. The number of aromatic nitrogens is 4. The maximum absolute atomic E-state index is 11.8. The van der Waals surface area contributed by atoms with Crippen molar-refractivity contribution < 1.29 is 13.9 Å². The van der Waals surface area contributed by atoms with Crippen LogP contribution in [0.4, 0.5) is 16.4 Å². The first-order chi connectivity index (χ1) is 13.9. The van der Waals surface area contributed by atoms with Gasteiger partial charge in [0.25, 0.3) is 5.71 Å². The number of carbonyl (C=O) groups excluding carboxylic acids is 1. The predicted molar refractivity (Wildman–Crippen MR) is 106 cm³/mol. The molecule has 0 radical (unpaired) electrons. The molecular formula is C19H24N6O4. The van der Waals surface area contributed by atoms with Crippen LogP contribution >= 0.6 is 0 Å². The largest absolute Gasteiger partial charge is 0.446 e. The number of nitrogens with one attached hydrogen (secondary N) is 3. The highest BCUT2D eigenvalue weighted by Crippen LogP contribution is 2.36. The van der Waals surface area contributed by atoms with E-state index >= 15 is 0 Å². The number of fused-ring (bicyclic) bond motifs is 1. The second-order valence-electron chi connectivity index (χ2n) is 7.62. The van der Waals surface area contributed by atoms with Gasteiger partial charge in [-0.25, -0.2) is 9.59 Å². The lowest BCUT2D eigenvalue weighted by Gasteiger charge is -2.14. The molecule has 0 aromatic carbocycles. The van der Waals surface area contributed by atoms with Gasteiger partial charge in [-0.1, -0.05) is 0 Å². The van der Waals surface area contributed by atoms with Crippen LogP contribution in [0.25, 0.3) is 11.2 Å². The van der Waals surface area contributed by atoms with E-state index < -0.39 is 5.76 Å². The van der Waals surface area contributed by atoms with E-state index in [1.54, 1.807) is 19.2 Å². The van der Waals surface area contributed by atoms with Crippen molar-refractivity contribution in [3.63, 3.8) is 0 Å². The van der Waals surface area contributed by atoms with E-state index in [9.17, 15) is 9.59 Å². The van der Waals surface area contributed by atoms with Crippen LogP contribution < -0.4 is 16.4 Å². The molecule has 3 heterocycles. The summed E-state index contributed by atoms with van der Waals surface area (Å²) >= 11 is 0. The van der Waals surface area contributed by atoms with E-state index in [4.69, 9.17) is 9.15 Å². The summed E-state index contributed by atoms with van der Waals surface area (Å²) in [7, 11) is 1.63. The Balaban J connectivity index is 1.39. The van der Waals surface area contributed by atoms with Gasteiger partial charge >= 0.3 is 11.8 Å². The van der Waals surface area contributed by atoms with Crippen molar-refractivity contribution in [3.05, 3.63) is 34.4 Å². The van der Waals surface area contributed by atoms with E-state index in [1.807, 2.05) is 19.9 Å². The van der Waals surface area contributed by atoms with Crippen LogP contribution in [-0.2, 0) is 11.8 Å². The summed E-state index contributed by atoms with van der Waals surface area (Å²) in [6.45, 7) is 3.80. The first-order valence-electron chi connectivity index (χ1n) is 9.65. The Bertz CT molecular complexity index is 1080. The van der Waals surface area contributed by atoms with Crippen LogP contribution in [-0.4, -0.2) is 38.0 Å². The third-order valence-electron chi connectivity index (χ3n) is 5.02. The second-order valence-corrected chi connectivity index (χ2v) is 7.62. The number of hydrogen-bond acceptors (Lipinski definition) is 7. The fourth-order valence-electron chi connectivity index (χ4n) is 3.57. The molecule has 0 spiro atoms. The van der Waals surface area contributed by atoms with E-state index in [0.717, 1.165) is 25.0 Å². The lowest BCUT2D eigenvalue weighted by Crippen LogP contribution is -2.33. The molecule has 0 unspecified atom stereocenters. The van der Waals surface area contributed by atoms with Crippen molar-refractivity contribution in [1.29, 1.82) is 0 Å². The van der Waals surface area contributed by atoms with Crippen molar-refractivity contribution in [1.82, 2.24) is 25.1 Å². The minimum Gasteiger partial charge on any atom is -0.446 e. The number of nitrogens with zero attached hydrogens (tertiary/aromatic N) is 3. The van der Waals surface area contributed by atoms with Crippen molar-refractivity contribution in [2.75, 3.05) is 5.32 Å². The number of aromatic amines is 1. The number of carbonyl (C=O) groups is 1. The second kappa shape index (κ2) is 7.61. The average Bonchev–Trinajstić information content (AvgIpc) is 3.35. The molecule has 2 atom stereocenters. The highest BCUT2D eigenvalue weighted by molar-refractivity contribution is 5.72. The molecular weight excluding hydrogens is 376 g/mol. The molecule has 3 aromatic rings. The summed E-state index contributed by atoms with van der Waals surface area (Å²) in [5, 5.41) is 13.2. The van der Waals surface area contributed by atoms with Gasteiger partial charge < -0.3 is 19.8 Å². The molecule has 0 saturated heterocycles. The zero-order valence-corrected chi connectivity index (χ0v) is 16.6. The van der Waals surface area contributed by atoms with Crippen molar-refractivity contribution >= 4 is 29.0 Å². The normalized spacial score (nSPS) is 19.0. The summed E-state index contributed by atoms with van der Waals surface area (Å²) < 4.78 is 12.0. The van der Waals surface area contributed by atoms with Gasteiger partial charge in [0.1, 0.15) is 17.4 Å². The topological polar surface area (TPSA) is 127 Å². The molecule has 0 bridgehead atoms. The summed E-state index contributed by atoms with van der Waals surface area (Å²) in [6.07, 6.45) is 2.03. The molecule has 1 fully saturated rings. The van der Waals surface area contributed by atoms with Gasteiger partial charge in [0.05, 0.1) is 0 Å². The number of rotatable bonds is 5. The van der Waals surface area contributed by atoms with Crippen LogP contribution in [0.2, 0.25) is 0 Å². The monoisotopic (exact) mass is 400 g/mol. The smallest absolute Gasteiger partial charge is 0.421 e. The molecule has 3 aromatic heterocycles. The predicted octanol–water partition coefficient (Wildman–Crippen LogP) is 2.76. The summed E-state index contributed by atoms with van der Waals surface area (Å²) in [6, 6.07) is 5.51. The lowest BCUT2D eigenvalue weighted by molar-refractivity contribution is 0.0981. The molecule has 3 N–H and O–H groups in total. The van der Waals surface area contributed by atoms with Gasteiger partial charge in [-0.2, -0.15) is 10.1 Å². The molecule has 1 saturated carbocycles. The van der Waals surface area contributed by atoms with E-state index in [-0.39, 0.29) is 29.9 Å². The number of anilines is 2. The molecule has 1 aliphatic carbocycles. The first-order valence-corrected chi connectivity index (χ1v) is 9.65. The Morgan fingerprint density at radius 1 is 1.34 bits per heavy atom. The zero-order chi connectivity index (χ0) is 20.5. The summed E-state index contributed by atoms with van der Waals surface area (Å²) in [4.78, 5) is 27.7. The number of ether oxygens (including phenoxy) is 1. The van der Waals surface area contributed by atoms with Gasteiger partial charge in [0.2, 0.25) is 0 Å². The quantitative estimate of drug-likeness (QED) is 0.601. The van der Waals surface area contributed by atoms with Gasteiger partial charge in [-0.3, -0.25) is 9.67 Å². The van der Waals surface area contributed by atoms with Gasteiger partial charge in [-0.15, -0.1) is 0 Å². The van der Waals surface area contributed by atoms with Crippen LogP contribution in [0, 0.1) is 0 Å². The van der Waals surface area contributed by atoms with Crippen molar-refractivity contribution in [3.8, 4) is 0 Å². The number of amides is 1. The van der Waals surface area contributed by atoms with Crippen molar-refractivity contribution in [2.24, 2.45) is 7.05 Å². The minimum atomic E-state index is -0.452. The van der Waals surface area contributed by atoms with E-state index in [1.165, 1.54) is 4.57 Å². The Morgan fingerprint density at radius 2 is 2.17 bits per heavy atom. The Kier molecular flexibility index (Phi) is 4.99. The van der Waals surface area contributed by atoms with Gasteiger partial charge in [0, 0.05) is 30.8 Å². The molecule has 0 aliphatic heterocycles. The maximum atomic E-state index is 11.8. The van der Waals surface area contributed by atoms with Gasteiger partial charge in [-0.05, 0) is 45.2 Å². The SMILES string of the molecule is CC(C)NC(=O)O[C@@H]1CC[C@H](c2cc(Nc3ccc4c(n3)oc(=O)n4C)n[nH]2)C1. The Hall–Kier alpha value is -3.30. The van der Waals surface area contributed by atoms with Gasteiger partial charge in [0.15, 0.2) is 5.82 Å². The minimum absolute atomic E-state index is 0.0534. The molecule has 29 heavy (non-hydrogen) atoms. The van der Waals surface area contributed by atoms with E-state index in [2.05, 4.69) is 25.8 Å². The average molecular weight is 400 g/mol. The molecule has 10 nitrogen and oxygen atoms in total. The van der Waals surface area contributed by atoms with Crippen molar-refractivity contribution in [2.45, 2.75) is 51.2 Å². The van der Waals surface area contributed by atoms with Crippen LogP contribution in [0.5, 0.6) is 0 Å². The third-order valence-corrected chi connectivity index (χ3v) is 5.02.